The molecule has 3 rings (SSSR count). The summed E-state index contributed by atoms with van der Waals surface area (Å²) in [6, 6.07) is 10.6. The molecule has 0 aliphatic carbocycles. The Kier molecular flexibility index (Phi) is 6.37. The van der Waals surface area contributed by atoms with Gasteiger partial charge in [-0.25, -0.2) is 0 Å². The van der Waals surface area contributed by atoms with Gasteiger partial charge in [0.2, 0.25) is 11.8 Å². The SMILES string of the molecule is NC(=O)CCC1CC(=O)N(CC(=O)O)c2cc(Cl)ccc2/C(c2cccc(O)c2)=N\1. The van der Waals surface area contributed by atoms with E-state index in [1.165, 1.54) is 18.2 Å². The van der Waals surface area contributed by atoms with Crippen LogP contribution in [0.3, 0.4) is 0 Å². The molecule has 1 aliphatic heterocycles. The van der Waals surface area contributed by atoms with Crippen molar-refractivity contribution in [3.63, 3.8) is 0 Å². The molecule has 1 atom stereocenters. The van der Waals surface area contributed by atoms with E-state index in [-0.39, 0.29) is 25.0 Å². The zero-order chi connectivity index (χ0) is 21.8. The van der Waals surface area contributed by atoms with Crippen LogP contribution in [-0.2, 0) is 14.4 Å². The number of hydrogen-bond acceptors (Lipinski definition) is 5. The van der Waals surface area contributed by atoms with Gasteiger partial charge < -0.3 is 20.8 Å². The lowest BCUT2D eigenvalue weighted by molar-refractivity contribution is -0.136. The van der Waals surface area contributed by atoms with E-state index in [1.54, 1.807) is 24.3 Å². The number of benzene rings is 2. The van der Waals surface area contributed by atoms with Gasteiger partial charge in [-0.3, -0.25) is 19.4 Å². The van der Waals surface area contributed by atoms with E-state index < -0.39 is 30.4 Å². The molecule has 1 aliphatic rings. The fourth-order valence-corrected chi connectivity index (χ4v) is 3.51. The van der Waals surface area contributed by atoms with Gasteiger partial charge in [0.25, 0.3) is 0 Å². The molecule has 8 nitrogen and oxygen atoms in total. The zero-order valence-electron chi connectivity index (χ0n) is 15.9. The molecule has 9 heteroatoms. The molecule has 156 valence electrons. The van der Waals surface area contributed by atoms with Crippen LogP contribution in [0.1, 0.15) is 30.4 Å². The average molecular weight is 430 g/mol. The highest BCUT2D eigenvalue weighted by Gasteiger charge is 2.29. The summed E-state index contributed by atoms with van der Waals surface area (Å²) in [5.41, 5.74) is 7.09. The second kappa shape index (κ2) is 8.96. The lowest BCUT2D eigenvalue weighted by atomic mass is 9.96. The third-order valence-corrected chi connectivity index (χ3v) is 4.90. The number of anilines is 1. The van der Waals surface area contributed by atoms with E-state index >= 15 is 0 Å². The Labute approximate surface area is 177 Å². The van der Waals surface area contributed by atoms with Gasteiger partial charge >= 0.3 is 5.97 Å². The quantitative estimate of drug-likeness (QED) is 0.648. The number of amides is 2. The molecule has 2 amide bonds. The van der Waals surface area contributed by atoms with Gasteiger partial charge in [0.05, 0.1) is 17.4 Å². The molecule has 1 unspecified atom stereocenters. The Hall–Kier alpha value is -3.39. The second-order valence-corrected chi connectivity index (χ2v) is 7.36. The van der Waals surface area contributed by atoms with E-state index in [0.29, 0.717) is 27.5 Å². The summed E-state index contributed by atoms with van der Waals surface area (Å²) in [7, 11) is 0. The van der Waals surface area contributed by atoms with E-state index in [0.717, 1.165) is 4.90 Å². The van der Waals surface area contributed by atoms with Crippen LogP contribution < -0.4 is 10.6 Å². The van der Waals surface area contributed by atoms with E-state index in [4.69, 9.17) is 22.3 Å². The van der Waals surface area contributed by atoms with Gasteiger partial charge in [-0.05, 0) is 36.8 Å². The normalized spacial score (nSPS) is 18.0. The molecular formula is C21H20ClN3O5. The Morgan fingerprint density at radius 2 is 2.00 bits per heavy atom. The predicted molar refractivity (Wildman–Crippen MR) is 112 cm³/mol. The Balaban J connectivity index is 2.22. The van der Waals surface area contributed by atoms with Crippen molar-refractivity contribution in [2.45, 2.75) is 25.3 Å². The molecule has 0 aromatic heterocycles. The van der Waals surface area contributed by atoms with Crippen LogP contribution in [0.2, 0.25) is 5.02 Å². The summed E-state index contributed by atoms with van der Waals surface area (Å²) in [4.78, 5) is 41.5. The first kappa shape index (κ1) is 21.3. The highest BCUT2D eigenvalue weighted by molar-refractivity contribution is 6.31. The second-order valence-electron chi connectivity index (χ2n) is 6.93. The maximum Gasteiger partial charge on any atom is 0.323 e. The number of phenols is 1. The highest BCUT2D eigenvalue weighted by atomic mass is 35.5. The number of aromatic hydroxyl groups is 1. The first-order valence-corrected chi connectivity index (χ1v) is 9.60. The van der Waals surface area contributed by atoms with Crippen LogP contribution in [0.25, 0.3) is 0 Å². The van der Waals surface area contributed by atoms with Gasteiger partial charge in [0.15, 0.2) is 0 Å². The van der Waals surface area contributed by atoms with E-state index in [1.807, 2.05) is 0 Å². The van der Waals surface area contributed by atoms with Crippen LogP contribution in [0.15, 0.2) is 47.5 Å². The fraction of sp³-hybridized carbons (Fsp3) is 0.238. The number of aliphatic imine (C=N–C) groups is 1. The number of aliphatic carboxylic acids is 1. The Bertz CT molecular complexity index is 1040. The fourth-order valence-electron chi connectivity index (χ4n) is 3.34. The molecule has 0 bridgehead atoms. The summed E-state index contributed by atoms with van der Waals surface area (Å²) in [5, 5.41) is 19.6. The summed E-state index contributed by atoms with van der Waals surface area (Å²) >= 11 is 6.14. The molecule has 0 fully saturated rings. The van der Waals surface area contributed by atoms with E-state index in [9.17, 15) is 24.6 Å². The summed E-state index contributed by atoms with van der Waals surface area (Å²) < 4.78 is 0. The average Bonchev–Trinajstić information content (AvgIpc) is 2.67. The number of halogens is 1. The topological polar surface area (TPSA) is 133 Å². The number of phenolic OH excluding ortho intramolecular Hbond substituents is 1. The minimum absolute atomic E-state index is 0.0277. The van der Waals surface area contributed by atoms with Crippen LogP contribution in [0.4, 0.5) is 5.69 Å². The third-order valence-electron chi connectivity index (χ3n) is 4.67. The lowest BCUT2D eigenvalue weighted by Gasteiger charge is -2.29. The number of carbonyl (C=O) groups is 3. The first-order valence-electron chi connectivity index (χ1n) is 9.22. The number of hydrogen-bond donors (Lipinski definition) is 3. The predicted octanol–water partition coefficient (Wildman–Crippen LogP) is 2.34. The maximum atomic E-state index is 12.9. The Morgan fingerprint density at radius 1 is 1.23 bits per heavy atom. The van der Waals surface area contributed by atoms with Gasteiger partial charge in [-0.1, -0.05) is 23.7 Å². The van der Waals surface area contributed by atoms with Gasteiger partial charge in [-0.2, -0.15) is 0 Å². The standard InChI is InChI=1S/C21H20ClN3O5/c22-13-4-6-16-17(9-13)25(11-20(29)30)19(28)10-14(5-7-18(23)27)24-21(16)12-2-1-3-15(26)8-12/h1-4,6,8-9,14,26H,5,7,10-11H2,(H2,23,27)(H,29,30)/b24-21-. The van der Waals surface area contributed by atoms with Crippen LogP contribution in [-0.4, -0.2) is 46.3 Å². The lowest BCUT2D eigenvalue weighted by Crippen LogP contribution is -2.39. The molecule has 0 saturated carbocycles. The van der Waals surface area contributed by atoms with Crippen molar-refractivity contribution in [1.29, 1.82) is 0 Å². The van der Waals surface area contributed by atoms with Crippen LogP contribution in [0, 0.1) is 0 Å². The van der Waals surface area contributed by atoms with Crippen molar-refractivity contribution in [2.24, 2.45) is 10.7 Å². The summed E-state index contributed by atoms with van der Waals surface area (Å²) in [5.74, 6) is -2.12. The minimum atomic E-state index is -1.18. The van der Waals surface area contributed by atoms with Crippen molar-refractivity contribution in [1.82, 2.24) is 0 Å². The molecule has 2 aromatic carbocycles. The van der Waals surface area contributed by atoms with Crippen molar-refractivity contribution in [3.8, 4) is 5.75 Å². The maximum absolute atomic E-state index is 12.9. The highest BCUT2D eigenvalue weighted by Crippen LogP contribution is 2.32. The molecule has 2 aromatic rings. The molecule has 0 radical (unpaired) electrons. The van der Waals surface area contributed by atoms with Crippen molar-refractivity contribution in [2.75, 3.05) is 11.4 Å². The Morgan fingerprint density at radius 3 is 2.67 bits per heavy atom. The number of carboxylic acids is 1. The molecular weight excluding hydrogens is 410 g/mol. The molecule has 0 saturated heterocycles. The number of nitrogens with two attached hydrogens (primary N) is 1. The van der Waals surface area contributed by atoms with Gasteiger partial charge in [0, 0.05) is 29.0 Å². The van der Waals surface area contributed by atoms with Gasteiger partial charge in [-0.15, -0.1) is 0 Å². The van der Waals surface area contributed by atoms with Crippen LogP contribution in [0.5, 0.6) is 5.75 Å². The smallest absolute Gasteiger partial charge is 0.323 e. The van der Waals surface area contributed by atoms with Crippen LogP contribution >= 0.6 is 11.6 Å². The molecule has 1 heterocycles. The number of rotatable bonds is 6. The van der Waals surface area contributed by atoms with E-state index in [2.05, 4.69) is 0 Å². The monoisotopic (exact) mass is 429 g/mol. The first-order chi connectivity index (χ1) is 14.2. The zero-order valence-corrected chi connectivity index (χ0v) is 16.7. The molecule has 0 spiro atoms. The minimum Gasteiger partial charge on any atom is -0.508 e. The largest absolute Gasteiger partial charge is 0.508 e. The number of carboxylic acid groups (broad SMARTS) is 1. The summed E-state index contributed by atoms with van der Waals surface area (Å²) in [6.45, 7) is -0.554. The number of nitrogens with zero attached hydrogens (tertiary/aromatic N) is 2. The third kappa shape index (κ3) is 4.96. The number of primary amides is 1. The number of carbonyl (C=O) groups excluding carboxylic acids is 2. The van der Waals surface area contributed by atoms with Crippen molar-refractivity contribution in [3.05, 3.63) is 58.6 Å². The van der Waals surface area contributed by atoms with Gasteiger partial charge in [0.1, 0.15) is 12.3 Å². The summed E-state index contributed by atoms with van der Waals surface area (Å²) in [6.07, 6.45) is 0.156. The molecule has 30 heavy (non-hydrogen) atoms. The van der Waals surface area contributed by atoms with Crippen molar-refractivity contribution >= 4 is 40.8 Å². The molecule has 4 N–H and O–H groups in total. The van der Waals surface area contributed by atoms with Crippen molar-refractivity contribution < 1.29 is 24.6 Å². The number of fused-ring (bicyclic) bond motifs is 1.